The number of carbonyl (C=O) groups excluding carboxylic acids is 1. The number of likely N-dealkylation sites (tertiary alicyclic amines) is 2. The van der Waals surface area contributed by atoms with E-state index in [-0.39, 0.29) is 0 Å². The van der Waals surface area contributed by atoms with Crippen molar-refractivity contribution < 1.29 is 4.79 Å². The molecule has 21 heavy (non-hydrogen) atoms. The number of nitrogens with one attached hydrogen (secondary N) is 1. The highest BCUT2D eigenvalue weighted by atomic mass is 16.2. The molecule has 0 aromatic heterocycles. The Morgan fingerprint density at radius 2 is 1.57 bits per heavy atom. The fraction of sp³-hybridized carbons (Fsp3) is 0.941. The molecule has 0 unspecified atom stereocenters. The van der Waals surface area contributed by atoms with E-state index >= 15 is 0 Å². The zero-order valence-corrected chi connectivity index (χ0v) is 13.4. The van der Waals surface area contributed by atoms with Crippen molar-refractivity contribution in [3.05, 3.63) is 0 Å². The molecule has 0 saturated carbocycles. The van der Waals surface area contributed by atoms with Crippen LogP contribution in [0.15, 0.2) is 0 Å². The van der Waals surface area contributed by atoms with Gasteiger partial charge in [-0.05, 0) is 77.0 Å². The largest absolute Gasteiger partial charge is 0.342 e. The number of carbonyl (C=O) groups is 1. The smallest absolute Gasteiger partial charge is 0.225 e. The van der Waals surface area contributed by atoms with Crippen LogP contribution in [0.3, 0.4) is 0 Å². The molecule has 3 heterocycles. The van der Waals surface area contributed by atoms with Gasteiger partial charge in [0.1, 0.15) is 0 Å². The van der Waals surface area contributed by atoms with E-state index in [1.807, 2.05) is 0 Å². The van der Waals surface area contributed by atoms with Gasteiger partial charge >= 0.3 is 0 Å². The molecule has 1 N–H and O–H groups in total. The van der Waals surface area contributed by atoms with Crippen molar-refractivity contribution in [1.29, 1.82) is 0 Å². The van der Waals surface area contributed by atoms with Crippen molar-refractivity contribution in [2.75, 3.05) is 45.8 Å². The maximum absolute atomic E-state index is 12.5. The predicted octanol–water partition coefficient (Wildman–Crippen LogP) is 1.71. The summed E-state index contributed by atoms with van der Waals surface area (Å²) in [7, 11) is 0. The maximum Gasteiger partial charge on any atom is 0.225 e. The predicted molar refractivity (Wildman–Crippen MR) is 85.2 cm³/mol. The van der Waals surface area contributed by atoms with E-state index in [2.05, 4.69) is 15.1 Å². The van der Waals surface area contributed by atoms with Gasteiger partial charge in [-0.3, -0.25) is 4.79 Å². The molecule has 0 radical (unpaired) electrons. The molecule has 3 aliphatic rings. The van der Waals surface area contributed by atoms with E-state index in [9.17, 15) is 4.79 Å². The van der Waals surface area contributed by atoms with Gasteiger partial charge < -0.3 is 15.1 Å². The molecular formula is C17H31N3O. The summed E-state index contributed by atoms with van der Waals surface area (Å²) in [5, 5.41) is 3.44. The second-order valence-electron chi connectivity index (χ2n) is 7.15. The number of hydrogen-bond acceptors (Lipinski definition) is 3. The SMILES string of the molecule is O=C(C1CCN(CC2CCNCC2)CC1)N1CCCCC1. The van der Waals surface area contributed by atoms with Crippen molar-refractivity contribution >= 4 is 5.91 Å². The molecule has 3 rings (SSSR count). The average molecular weight is 293 g/mol. The lowest BCUT2D eigenvalue weighted by atomic mass is 9.92. The molecule has 1 amide bonds. The summed E-state index contributed by atoms with van der Waals surface area (Å²) in [6.07, 6.45) is 8.54. The first-order valence-electron chi connectivity index (χ1n) is 9.05. The minimum atomic E-state index is 0.312. The molecule has 0 spiro atoms. The third kappa shape index (κ3) is 4.19. The lowest BCUT2D eigenvalue weighted by Crippen LogP contribution is -2.45. The van der Waals surface area contributed by atoms with Crippen LogP contribution in [0.4, 0.5) is 0 Å². The molecule has 3 saturated heterocycles. The van der Waals surface area contributed by atoms with Crippen LogP contribution in [0, 0.1) is 11.8 Å². The van der Waals surface area contributed by atoms with E-state index < -0.39 is 0 Å². The van der Waals surface area contributed by atoms with Gasteiger partial charge in [0.2, 0.25) is 5.91 Å². The molecule has 0 aromatic rings. The fourth-order valence-electron chi connectivity index (χ4n) is 4.16. The van der Waals surface area contributed by atoms with Crippen molar-refractivity contribution in [1.82, 2.24) is 15.1 Å². The molecule has 0 bridgehead atoms. The van der Waals surface area contributed by atoms with Crippen molar-refractivity contribution in [2.24, 2.45) is 11.8 Å². The second kappa shape index (κ2) is 7.59. The summed E-state index contributed by atoms with van der Waals surface area (Å²) >= 11 is 0. The highest BCUT2D eigenvalue weighted by Gasteiger charge is 2.29. The first kappa shape index (κ1) is 15.3. The zero-order valence-electron chi connectivity index (χ0n) is 13.4. The van der Waals surface area contributed by atoms with E-state index in [0.717, 1.165) is 44.9 Å². The molecule has 3 fully saturated rings. The zero-order chi connectivity index (χ0) is 14.5. The van der Waals surface area contributed by atoms with Gasteiger partial charge in [-0.15, -0.1) is 0 Å². The Morgan fingerprint density at radius 1 is 0.905 bits per heavy atom. The van der Waals surface area contributed by atoms with E-state index in [4.69, 9.17) is 0 Å². The lowest BCUT2D eigenvalue weighted by molar-refractivity contribution is -0.138. The first-order valence-corrected chi connectivity index (χ1v) is 9.05. The Bertz CT molecular complexity index is 327. The minimum absolute atomic E-state index is 0.312. The Morgan fingerprint density at radius 3 is 2.24 bits per heavy atom. The average Bonchev–Trinajstić information content (AvgIpc) is 2.57. The second-order valence-corrected chi connectivity index (χ2v) is 7.15. The van der Waals surface area contributed by atoms with Crippen LogP contribution in [0.2, 0.25) is 0 Å². The fourth-order valence-corrected chi connectivity index (χ4v) is 4.16. The normalized spacial score (nSPS) is 27.0. The van der Waals surface area contributed by atoms with Gasteiger partial charge in [0.05, 0.1) is 0 Å². The molecule has 4 heteroatoms. The Hall–Kier alpha value is -0.610. The van der Waals surface area contributed by atoms with Crippen molar-refractivity contribution in [2.45, 2.75) is 44.9 Å². The van der Waals surface area contributed by atoms with Crippen LogP contribution in [0.25, 0.3) is 0 Å². The molecule has 120 valence electrons. The van der Waals surface area contributed by atoms with Gasteiger partial charge in [0, 0.05) is 25.6 Å². The van der Waals surface area contributed by atoms with E-state index in [1.165, 1.54) is 51.7 Å². The number of piperidine rings is 3. The number of nitrogens with zero attached hydrogens (tertiary/aromatic N) is 2. The van der Waals surface area contributed by atoms with Crippen LogP contribution in [0.5, 0.6) is 0 Å². The number of hydrogen-bond donors (Lipinski definition) is 1. The monoisotopic (exact) mass is 293 g/mol. The molecular weight excluding hydrogens is 262 g/mol. The summed E-state index contributed by atoms with van der Waals surface area (Å²) in [5.74, 6) is 1.64. The third-order valence-corrected chi connectivity index (χ3v) is 5.58. The lowest BCUT2D eigenvalue weighted by Gasteiger charge is -2.37. The summed E-state index contributed by atoms with van der Waals surface area (Å²) < 4.78 is 0. The van der Waals surface area contributed by atoms with E-state index in [0.29, 0.717) is 11.8 Å². The van der Waals surface area contributed by atoms with Gasteiger partial charge in [0.15, 0.2) is 0 Å². The van der Waals surface area contributed by atoms with Crippen LogP contribution in [-0.2, 0) is 4.79 Å². The van der Waals surface area contributed by atoms with Crippen LogP contribution in [-0.4, -0.2) is 61.5 Å². The van der Waals surface area contributed by atoms with Crippen LogP contribution >= 0.6 is 0 Å². The molecule has 0 atom stereocenters. The van der Waals surface area contributed by atoms with Gasteiger partial charge in [-0.25, -0.2) is 0 Å². The summed E-state index contributed by atoms with van der Waals surface area (Å²) in [5.41, 5.74) is 0. The van der Waals surface area contributed by atoms with Gasteiger partial charge in [-0.1, -0.05) is 0 Å². The minimum Gasteiger partial charge on any atom is -0.342 e. The van der Waals surface area contributed by atoms with Crippen molar-refractivity contribution in [3.8, 4) is 0 Å². The first-order chi connectivity index (χ1) is 10.3. The molecule has 4 nitrogen and oxygen atoms in total. The third-order valence-electron chi connectivity index (χ3n) is 5.58. The summed E-state index contributed by atoms with van der Waals surface area (Å²) in [6, 6.07) is 0. The highest BCUT2D eigenvalue weighted by molar-refractivity contribution is 5.79. The Balaban J connectivity index is 1.40. The van der Waals surface area contributed by atoms with Crippen LogP contribution < -0.4 is 5.32 Å². The van der Waals surface area contributed by atoms with Gasteiger partial charge in [0.25, 0.3) is 0 Å². The number of rotatable bonds is 3. The summed E-state index contributed by atoms with van der Waals surface area (Å²) in [4.78, 5) is 17.3. The van der Waals surface area contributed by atoms with Crippen LogP contribution in [0.1, 0.15) is 44.9 Å². The molecule has 0 aromatic carbocycles. The topological polar surface area (TPSA) is 35.6 Å². The Kier molecular flexibility index (Phi) is 5.53. The van der Waals surface area contributed by atoms with Crippen molar-refractivity contribution in [3.63, 3.8) is 0 Å². The Labute approximate surface area is 129 Å². The summed E-state index contributed by atoms with van der Waals surface area (Å²) in [6.45, 7) is 7.92. The quantitative estimate of drug-likeness (QED) is 0.860. The van der Waals surface area contributed by atoms with E-state index in [1.54, 1.807) is 0 Å². The standard InChI is InChI=1S/C17H31N3O/c21-17(20-10-2-1-3-11-20)16-6-12-19(13-7-16)14-15-4-8-18-9-5-15/h15-16,18H,1-14H2. The molecule has 3 aliphatic heterocycles. The number of amides is 1. The highest BCUT2D eigenvalue weighted by Crippen LogP contribution is 2.23. The maximum atomic E-state index is 12.5. The molecule has 0 aliphatic carbocycles. The van der Waals surface area contributed by atoms with Gasteiger partial charge in [-0.2, -0.15) is 0 Å².